The lowest BCUT2D eigenvalue weighted by atomic mass is 10.3. The lowest BCUT2D eigenvalue weighted by Crippen LogP contribution is -2.33. The second-order valence-electron chi connectivity index (χ2n) is 4.54. The highest BCUT2D eigenvalue weighted by atomic mass is 35.5. The maximum atomic E-state index is 5.99. The van der Waals surface area contributed by atoms with Gasteiger partial charge >= 0.3 is 0 Å². The monoisotopic (exact) mass is 273 g/mol. The van der Waals surface area contributed by atoms with Crippen LogP contribution in [0.15, 0.2) is 18.2 Å². The molecule has 2 rings (SSSR count). The molecule has 1 saturated carbocycles. The molecule has 0 aliphatic heterocycles. The summed E-state index contributed by atoms with van der Waals surface area (Å²) in [4.78, 5) is 0. The van der Waals surface area contributed by atoms with Crippen molar-refractivity contribution in [2.24, 2.45) is 0 Å². The van der Waals surface area contributed by atoms with Crippen LogP contribution in [0.1, 0.15) is 26.2 Å². The second-order valence-corrected chi connectivity index (χ2v) is 5.35. The van der Waals surface area contributed by atoms with E-state index in [4.69, 9.17) is 27.9 Å². The average Bonchev–Trinajstić information content (AvgIpc) is 3.04. The lowest BCUT2D eigenvalue weighted by molar-refractivity contribution is 0.176. The summed E-state index contributed by atoms with van der Waals surface area (Å²) in [5.41, 5.74) is -0.0215. The van der Waals surface area contributed by atoms with Gasteiger partial charge in [0.15, 0.2) is 0 Å². The SMILES string of the molecule is CCCNCC1(Oc2ccc(Cl)c(Cl)c2)CC1. The van der Waals surface area contributed by atoms with Crippen LogP contribution in [0.25, 0.3) is 0 Å². The predicted octanol–water partition coefficient (Wildman–Crippen LogP) is 3.90. The molecule has 0 aromatic heterocycles. The minimum atomic E-state index is -0.0215. The Labute approximate surface area is 112 Å². The standard InChI is InChI=1S/C13H17Cl2NO/c1-2-7-16-9-13(5-6-13)17-10-3-4-11(14)12(15)8-10/h3-4,8,16H,2,5-7,9H2,1H3. The third-order valence-electron chi connectivity index (χ3n) is 2.91. The molecule has 0 unspecified atom stereocenters. The first-order valence-electron chi connectivity index (χ1n) is 6.00. The van der Waals surface area contributed by atoms with Gasteiger partial charge in [0.1, 0.15) is 11.4 Å². The summed E-state index contributed by atoms with van der Waals surface area (Å²) >= 11 is 11.8. The smallest absolute Gasteiger partial charge is 0.122 e. The van der Waals surface area contributed by atoms with Gasteiger partial charge in [0.2, 0.25) is 0 Å². The third kappa shape index (κ3) is 3.51. The fraction of sp³-hybridized carbons (Fsp3) is 0.538. The summed E-state index contributed by atoms with van der Waals surface area (Å²) in [5.74, 6) is 0.801. The number of rotatable bonds is 6. The molecule has 0 spiro atoms. The van der Waals surface area contributed by atoms with Crippen molar-refractivity contribution in [3.05, 3.63) is 28.2 Å². The molecule has 0 saturated heterocycles. The molecule has 0 heterocycles. The Morgan fingerprint density at radius 3 is 2.65 bits per heavy atom. The molecule has 0 amide bonds. The lowest BCUT2D eigenvalue weighted by Gasteiger charge is -2.19. The fourth-order valence-corrected chi connectivity index (χ4v) is 2.03. The van der Waals surface area contributed by atoms with Crippen LogP contribution >= 0.6 is 23.2 Å². The number of ether oxygens (including phenoxy) is 1. The summed E-state index contributed by atoms with van der Waals surface area (Å²) in [6.45, 7) is 4.10. The first-order chi connectivity index (χ1) is 8.15. The summed E-state index contributed by atoms with van der Waals surface area (Å²) in [6.07, 6.45) is 3.34. The molecule has 1 aliphatic rings. The van der Waals surface area contributed by atoms with Crippen molar-refractivity contribution in [1.82, 2.24) is 5.32 Å². The molecule has 1 aliphatic carbocycles. The topological polar surface area (TPSA) is 21.3 Å². The highest BCUT2D eigenvalue weighted by Crippen LogP contribution is 2.40. The molecule has 94 valence electrons. The molecule has 17 heavy (non-hydrogen) atoms. The molecule has 1 aromatic rings. The summed E-state index contributed by atoms with van der Waals surface area (Å²) in [5, 5.41) is 4.51. The van der Waals surface area contributed by atoms with E-state index in [0.29, 0.717) is 10.0 Å². The van der Waals surface area contributed by atoms with Gasteiger partial charge in [0, 0.05) is 12.6 Å². The van der Waals surface area contributed by atoms with E-state index in [0.717, 1.165) is 38.1 Å². The van der Waals surface area contributed by atoms with E-state index in [1.54, 1.807) is 12.1 Å². The van der Waals surface area contributed by atoms with Crippen LogP contribution in [-0.4, -0.2) is 18.7 Å². The summed E-state index contributed by atoms with van der Waals surface area (Å²) in [7, 11) is 0. The molecule has 1 N–H and O–H groups in total. The van der Waals surface area contributed by atoms with E-state index >= 15 is 0 Å². The normalized spacial score (nSPS) is 16.9. The average molecular weight is 274 g/mol. The first kappa shape index (κ1) is 13.0. The molecule has 0 atom stereocenters. The van der Waals surface area contributed by atoms with Crippen molar-refractivity contribution in [2.75, 3.05) is 13.1 Å². The van der Waals surface area contributed by atoms with Crippen LogP contribution in [0.2, 0.25) is 10.0 Å². The second kappa shape index (κ2) is 5.47. The van der Waals surface area contributed by atoms with Crippen LogP contribution < -0.4 is 10.1 Å². The minimum absolute atomic E-state index is 0.0215. The minimum Gasteiger partial charge on any atom is -0.486 e. The van der Waals surface area contributed by atoms with Crippen molar-refractivity contribution in [2.45, 2.75) is 31.8 Å². The van der Waals surface area contributed by atoms with Gasteiger partial charge < -0.3 is 10.1 Å². The Bertz CT molecular complexity index is 391. The predicted molar refractivity (Wildman–Crippen MR) is 72.2 cm³/mol. The van der Waals surface area contributed by atoms with Gasteiger partial charge in [0.25, 0.3) is 0 Å². The summed E-state index contributed by atoms with van der Waals surface area (Å²) < 4.78 is 5.99. The molecule has 1 aromatic carbocycles. The van der Waals surface area contributed by atoms with E-state index in [2.05, 4.69) is 12.2 Å². The zero-order valence-corrected chi connectivity index (χ0v) is 11.4. The van der Waals surface area contributed by atoms with Gasteiger partial charge in [-0.05, 0) is 37.9 Å². The van der Waals surface area contributed by atoms with Gasteiger partial charge in [-0.15, -0.1) is 0 Å². The number of halogens is 2. The van der Waals surface area contributed by atoms with E-state index in [1.807, 2.05) is 6.07 Å². The maximum Gasteiger partial charge on any atom is 0.122 e. The first-order valence-corrected chi connectivity index (χ1v) is 6.76. The molecule has 0 radical (unpaired) electrons. The third-order valence-corrected chi connectivity index (χ3v) is 3.65. The molecule has 2 nitrogen and oxygen atoms in total. The number of hydrogen-bond donors (Lipinski definition) is 1. The Balaban J connectivity index is 1.93. The van der Waals surface area contributed by atoms with Crippen molar-refractivity contribution in [1.29, 1.82) is 0 Å². The van der Waals surface area contributed by atoms with Gasteiger partial charge in [-0.1, -0.05) is 30.1 Å². The fourth-order valence-electron chi connectivity index (χ4n) is 1.74. The Kier molecular flexibility index (Phi) is 4.18. The van der Waals surface area contributed by atoms with Crippen LogP contribution in [0.5, 0.6) is 5.75 Å². The maximum absolute atomic E-state index is 5.99. The Hall–Kier alpha value is -0.440. The van der Waals surface area contributed by atoms with E-state index in [-0.39, 0.29) is 5.60 Å². The van der Waals surface area contributed by atoms with Crippen LogP contribution in [0, 0.1) is 0 Å². The van der Waals surface area contributed by atoms with E-state index in [9.17, 15) is 0 Å². The summed E-state index contributed by atoms with van der Waals surface area (Å²) in [6, 6.07) is 5.42. The number of nitrogens with one attached hydrogen (secondary N) is 1. The molecule has 0 bridgehead atoms. The van der Waals surface area contributed by atoms with E-state index < -0.39 is 0 Å². The van der Waals surface area contributed by atoms with Gasteiger partial charge in [-0.2, -0.15) is 0 Å². The molecular formula is C13H17Cl2NO. The molecular weight excluding hydrogens is 257 g/mol. The highest BCUT2D eigenvalue weighted by Gasteiger charge is 2.45. The van der Waals surface area contributed by atoms with Gasteiger partial charge in [0.05, 0.1) is 10.0 Å². The molecule has 4 heteroatoms. The number of hydrogen-bond acceptors (Lipinski definition) is 2. The van der Waals surface area contributed by atoms with E-state index in [1.165, 1.54) is 0 Å². The highest BCUT2D eigenvalue weighted by molar-refractivity contribution is 6.42. The van der Waals surface area contributed by atoms with Crippen LogP contribution in [0.4, 0.5) is 0 Å². The van der Waals surface area contributed by atoms with Crippen LogP contribution in [-0.2, 0) is 0 Å². The quantitative estimate of drug-likeness (QED) is 0.794. The largest absolute Gasteiger partial charge is 0.486 e. The van der Waals surface area contributed by atoms with Crippen LogP contribution in [0.3, 0.4) is 0 Å². The zero-order chi connectivity index (χ0) is 12.3. The Morgan fingerprint density at radius 1 is 1.29 bits per heavy atom. The van der Waals surface area contributed by atoms with Crippen molar-refractivity contribution >= 4 is 23.2 Å². The van der Waals surface area contributed by atoms with Crippen molar-refractivity contribution < 1.29 is 4.74 Å². The van der Waals surface area contributed by atoms with Crippen molar-refractivity contribution in [3.63, 3.8) is 0 Å². The van der Waals surface area contributed by atoms with Gasteiger partial charge in [-0.3, -0.25) is 0 Å². The van der Waals surface area contributed by atoms with Gasteiger partial charge in [-0.25, -0.2) is 0 Å². The Morgan fingerprint density at radius 2 is 2.06 bits per heavy atom. The molecule has 1 fully saturated rings. The van der Waals surface area contributed by atoms with Crippen molar-refractivity contribution in [3.8, 4) is 5.75 Å². The zero-order valence-electron chi connectivity index (χ0n) is 9.93. The number of benzene rings is 1.